The molecule has 6 heteroatoms. The van der Waals surface area contributed by atoms with E-state index in [9.17, 15) is 14.4 Å². The van der Waals surface area contributed by atoms with Gasteiger partial charge < -0.3 is 15.1 Å². The Morgan fingerprint density at radius 3 is 2.22 bits per heavy atom. The van der Waals surface area contributed by atoms with Crippen molar-refractivity contribution in [2.75, 3.05) is 13.1 Å². The van der Waals surface area contributed by atoms with Crippen LogP contribution in [0, 0.1) is 17.3 Å². The monoisotopic (exact) mass is 255 g/mol. The average molecular weight is 255 g/mol. The van der Waals surface area contributed by atoms with Crippen molar-refractivity contribution in [1.29, 1.82) is 0 Å². The van der Waals surface area contributed by atoms with Gasteiger partial charge in [0.15, 0.2) is 0 Å². The quantitative estimate of drug-likeness (QED) is 0.713. The summed E-state index contributed by atoms with van der Waals surface area (Å²) < 4.78 is 0. The number of piperidine rings is 1. The number of carbonyl (C=O) groups excluding carboxylic acids is 1. The molecular formula is C12H17NO5. The third kappa shape index (κ3) is 2.07. The predicted molar refractivity (Wildman–Crippen MR) is 60.8 cm³/mol. The maximum absolute atomic E-state index is 12.2. The van der Waals surface area contributed by atoms with E-state index >= 15 is 0 Å². The molecule has 1 saturated carbocycles. The molecule has 2 N–H and O–H groups in total. The molecule has 0 aromatic rings. The van der Waals surface area contributed by atoms with Crippen LogP contribution in [-0.4, -0.2) is 46.0 Å². The summed E-state index contributed by atoms with van der Waals surface area (Å²) in [5.74, 6) is -2.90. The van der Waals surface area contributed by atoms with Gasteiger partial charge >= 0.3 is 11.9 Å². The molecule has 1 aliphatic carbocycles. The number of hydrogen-bond donors (Lipinski definition) is 2. The second-order valence-corrected chi connectivity index (χ2v) is 5.47. The smallest absolute Gasteiger partial charge is 0.319 e. The van der Waals surface area contributed by atoms with Gasteiger partial charge in [-0.3, -0.25) is 14.4 Å². The maximum Gasteiger partial charge on any atom is 0.319 e. The maximum atomic E-state index is 12.2. The first-order valence-corrected chi connectivity index (χ1v) is 6.12. The first kappa shape index (κ1) is 12.9. The van der Waals surface area contributed by atoms with Crippen molar-refractivity contribution >= 4 is 17.8 Å². The molecule has 6 nitrogen and oxygen atoms in total. The van der Waals surface area contributed by atoms with Crippen LogP contribution in [-0.2, 0) is 14.4 Å². The van der Waals surface area contributed by atoms with Gasteiger partial charge in [0.2, 0.25) is 5.91 Å². The molecule has 2 aliphatic rings. The van der Waals surface area contributed by atoms with Crippen LogP contribution >= 0.6 is 0 Å². The van der Waals surface area contributed by atoms with Crippen molar-refractivity contribution in [1.82, 2.24) is 4.90 Å². The Labute approximate surface area is 105 Å². The van der Waals surface area contributed by atoms with E-state index in [4.69, 9.17) is 10.2 Å². The van der Waals surface area contributed by atoms with Crippen LogP contribution in [0.15, 0.2) is 0 Å². The lowest BCUT2D eigenvalue weighted by Crippen LogP contribution is -2.49. The van der Waals surface area contributed by atoms with E-state index in [0.29, 0.717) is 25.8 Å². The van der Waals surface area contributed by atoms with Gasteiger partial charge in [0.1, 0.15) is 5.41 Å². The summed E-state index contributed by atoms with van der Waals surface area (Å²) in [6, 6.07) is 0. The summed E-state index contributed by atoms with van der Waals surface area (Å²) in [4.78, 5) is 35.7. The van der Waals surface area contributed by atoms with Crippen molar-refractivity contribution in [2.45, 2.75) is 26.2 Å². The summed E-state index contributed by atoms with van der Waals surface area (Å²) in [6.45, 7) is 2.47. The van der Waals surface area contributed by atoms with E-state index in [1.54, 1.807) is 0 Å². The van der Waals surface area contributed by atoms with Gasteiger partial charge in [0.05, 0.1) is 5.92 Å². The Balaban J connectivity index is 2.11. The number of carboxylic acid groups (broad SMARTS) is 2. The molecule has 1 aliphatic heterocycles. The third-order valence-corrected chi connectivity index (χ3v) is 3.86. The summed E-state index contributed by atoms with van der Waals surface area (Å²) in [5, 5.41) is 18.1. The van der Waals surface area contributed by atoms with Gasteiger partial charge in [0, 0.05) is 13.1 Å². The highest BCUT2D eigenvalue weighted by molar-refractivity contribution is 6.05. The Bertz CT molecular complexity index is 401. The van der Waals surface area contributed by atoms with Crippen molar-refractivity contribution in [3.8, 4) is 0 Å². The minimum Gasteiger partial charge on any atom is -0.481 e. The predicted octanol–water partition coefficient (Wildman–Crippen LogP) is 0.420. The molecule has 1 heterocycles. The van der Waals surface area contributed by atoms with Crippen LogP contribution < -0.4 is 0 Å². The summed E-state index contributed by atoms with van der Waals surface area (Å²) in [7, 11) is 0. The molecule has 2 rings (SSSR count). The van der Waals surface area contributed by atoms with Crippen molar-refractivity contribution < 1.29 is 24.6 Å². The molecule has 0 spiro atoms. The van der Waals surface area contributed by atoms with Gasteiger partial charge in [-0.1, -0.05) is 6.92 Å². The lowest BCUT2D eigenvalue weighted by molar-refractivity contribution is -0.156. The van der Waals surface area contributed by atoms with E-state index in [1.165, 1.54) is 4.90 Å². The van der Waals surface area contributed by atoms with Crippen LogP contribution in [0.25, 0.3) is 0 Å². The molecule has 2 fully saturated rings. The molecule has 0 radical (unpaired) electrons. The molecular weight excluding hydrogens is 238 g/mol. The minimum atomic E-state index is -1.26. The Hall–Kier alpha value is -1.59. The number of nitrogens with zero attached hydrogens (tertiary/aromatic N) is 1. The molecule has 0 aromatic heterocycles. The van der Waals surface area contributed by atoms with Crippen molar-refractivity contribution in [2.24, 2.45) is 17.3 Å². The zero-order chi connectivity index (χ0) is 13.5. The first-order valence-electron chi connectivity index (χ1n) is 6.12. The molecule has 2 atom stereocenters. The molecule has 1 amide bonds. The average Bonchev–Trinajstić information content (AvgIpc) is 3.08. The van der Waals surface area contributed by atoms with Crippen molar-refractivity contribution in [3.63, 3.8) is 0 Å². The standard InChI is InChI=1S/C12H17NO5/c1-7-4-8(9(14)15)6-13(5-7)10(16)12(2-3-12)11(17)18/h7-8H,2-6H2,1H3,(H,14,15)(H,17,18). The van der Waals surface area contributed by atoms with Gasteiger partial charge in [-0.15, -0.1) is 0 Å². The first-order chi connectivity index (χ1) is 8.36. The van der Waals surface area contributed by atoms with Gasteiger partial charge in [-0.05, 0) is 25.2 Å². The van der Waals surface area contributed by atoms with E-state index in [0.717, 1.165) is 0 Å². The Kier molecular flexibility index (Phi) is 3.04. The highest BCUT2D eigenvalue weighted by Crippen LogP contribution is 2.48. The van der Waals surface area contributed by atoms with Crippen LogP contribution in [0.4, 0.5) is 0 Å². The second-order valence-electron chi connectivity index (χ2n) is 5.47. The van der Waals surface area contributed by atoms with Gasteiger partial charge in [0.25, 0.3) is 0 Å². The number of amides is 1. The van der Waals surface area contributed by atoms with Crippen LogP contribution in [0.1, 0.15) is 26.2 Å². The summed E-state index contributed by atoms with van der Waals surface area (Å²) in [6.07, 6.45) is 1.27. The number of rotatable bonds is 3. The fraction of sp³-hybridized carbons (Fsp3) is 0.750. The molecule has 0 bridgehead atoms. The van der Waals surface area contributed by atoms with Crippen LogP contribution in [0.5, 0.6) is 0 Å². The normalized spacial score (nSPS) is 29.7. The zero-order valence-electron chi connectivity index (χ0n) is 10.3. The number of hydrogen-bond acceptors (Lipinski definition) is 3. The topological polar surface area (TPSA) is 94.9 Å². The molecule has 0 aromatic carbocycles. The molecule has 2 unspecified atom stereocenters. The van der Waals surface area contributed by atoms with E-state index in [1.807, 2.05) is 6.92 Å². The van der Waals surface area contributed by atoms with E-state index < -0.39 is 29.2 Å². The van der Waals surface area contributed by atoms with E-state index in [2.05, 4.69) is 0 Å². The molecule has 100 valence electrons. The fourth-order valence-corrected chi connectivity index (χ4v) is 2.64. The zero-order valence-corrected chi connectivity index (χ0v) is 10.3. The van der Waals surface area contributed by atoms with Crippen molar-refractivity contribution in [3.05, 3.63) is 0 Å². The lowest BCUT2D eigenvalue weighted by atomic mass is 9.89. The number of carbonyl (C=O) groups is 3. The van der Waals surface area contributed by atoms with Crippen LogP contribution in [0.3, 0.4) is 0 Å². The van der Waals surface area contributed by atoms with Gasteiger partial charge in [-0.2, -0.15) is 0 Å². The minimum absolute atomic E-state index is 0.0911. The summed E-state index contributed by atoms with van der Waals surface area (Å²) in [5.41, 5.74) is -1.26. The third-order valence-electron chi connectivity index (χ3n) is 3.86. The largest absolute Gasteiger partial charge is 0.481 e. The highest BCUT2D eigenvalue weighted by atomic mass is 16.4. The number of likely N-dealkylation sites (tertiary alicyclic amines) is 1. The fourth-order valence-electron chi connectivity index (χ4n) is 2.64. The van der Waals surface area contributed by atoms with Gasteiger partial charge in [-0.25, -0.2) is 0 Å². The van der Waals surface area contributed by atoms with Crippen LogP contribution in [0.2, 0.25) is 0 Å². The number of aliphatic carboxylic acids is 2. The second kappa shape index (κ2) is 4.26. The highest BCUT2D eigenvalue weighted by Gasteiger charge is 2.59. The summed E-state index contributed by atoms with van der Waals surface area (Å²) >= 11 is 0. The molecule has 18 heavy (non-hydrogen) atoms. The van der Waals surface area contributed by atoms with E-state index in [-0.39, 0.29) is 12.5 Å². The Morgan fingerprint density at radius 1 is 1.17 bits per heavy atom. The SMILES string of the molecule is CC1CC(C(=O)O)CN(C(=O)C2(C(=O)O)CC2)C1. The lowest BCUT2D eigenvalue weighted by Gasteiger charge is -2.36. The molecule has 1 saturated heterocycles. The number of carboxylic acids is 2. The Morgan fingerprint density at radius 2 is 1.78 bits per heavy atom.